The second-order valence-electron chi connectivity index (χ2n) is 2.44. The van der Waals surface area contributed by atoms with Crippen molar-refractivity contribution in [2.24, 2.45) is 0 Å². The summed E-state index contributed by atoms with van der Waals surface area (Å²) in [6, 6.07) is 1.78. The van der Waals surface area contributed by atoms with Gasteiger partial charge in [-0.3, -0.25) is 4.57 Å². The summed E-state index contributed by atoms with van der Waals surface area (Å²) in [5, 5.41) is 7.37. The molecule has 0 atom stereocenters. The van der Waals surface area contributed by atoms with Gasteiger partial charge >= 0.3 is 0 Å². The average molecular weight is 240 g/mol. The predicted molar refractivity (Wildman–Crippen MR) is 51.3 cm³/mol. The van der Waals surface area contributed by atoms with E-state index >= 15 is 0 Å². The topological polar surface area (TPSA) is 69.6 Å². The molecule has 2 N–H and O–H groups in total. The molecule has 66 valence electrons. The Morgan fingerprint density at radius 3 is 2.62 bits per heavy atom. The van der Waals surface area contributed by atoms with Crippen LogP contribution in [-0.2, 0) is 0 Å². The van der Waals surface area contributed by atoms with Crippen molar-refractivity contribution in [2.75, 3.05) is 5.73 Å². The van der Waals surface area contributed by atoms with Crippen molar-refractivity contribution in [3.05, 3.63) is 29.4 Å². The van der Waals surface area contributed by atoms with Crippen molar-refractivity contribution < 1.29 is 0 Å². The van der Waals surface area contributed by atoms with E-state index in [1.807, 2.05) is 0 Å². The molecule has 2 heterocycles. The summed E-state index contributed by atoms with van der Waals surface area (Å²) in [5.74, 6) is 0.721. The first kappa shape index (κ1) is 8.18. The number of hydrogen-bond acceptors (Lipinski definition) is 4. The highest BCUT2D eigenvalue weighted by Gasteiger charge is 2.03. The zero-order valence-corrected chi connectivity index (χ0v) is 8.14. The molecular weight excluding hydrogens is 234 g/mol. The Kier molecular flexibility index (Phi) is 1.97. The molecule has 0 spiro atoms. The van der Waals surface area contributed by atoms with E-state index in [1.165, 1.54) is 0 Å². The molecule has 0 fully saturated rings. The van der Waals surface area contributed by atoms with E-state index in [0.29, 0.717) is 5.69 Å². The number of pyridine rings is 1. The first-order valence-electron chi connectivity index (χ1n) is 3.53. The maximum Gasteiger partial charge on any atom is 0.153 e. The van der Waals surface area contributed by atoms with Gasteiger partial charge in [-0.1, -0.05) is 0 Å². The van der Waals surface area contributed by atoms with Crippen LogP contribution in [0.5, 0.6) is 0 Å². The van der Waals surface area contributed by atoms with Gasteiger partial charge < -0.3 is 5.73 Å². The summed E-state index contributed by atoms with van der Waals surface area (Å²) in [5.41, 5.74) is 6.16. The number of halogens is 1. The third kappa shape index (κ3) is 1.52. The van der Waals surface area contributed by atoms with Gasteiger partial charge in [0.1, 0.15) is 12.7 Å². The van der Waals surface area contributed by atoms with Crippen LogP contribution in [0, 0.1) is 0 Å². The lowest BCUT2D eigenvalue weighted by molar-refractivity contribution is 0.983. The Balaban J connectivity index is 2.53. The van der Waals surface area contributed by atoms with Crippen molar-refractivity contribution >= 4 is 21.6 Å². The fraction of sp³-hybridized carbons (Fsp3) is 0. The summed E-state index contributed by atoms with van der Waals surface area (Å²) >= 11 is 3.35. The zero-order chi connectivity index (χ0) is 9.26. The molecular formula is C7H6BrN5. The summed E-state index contributed by atoms with van der Waals surface area (Å²) in [7, 11) is 0. The lowest BCUT2D eigenvalue weighted by Gasteiger charge is -2.02. The number of aromatic nitrogens is 4. The Labute approximate surface area is 82.7 Å². The average Bonchev–Trinajstić information content (AvgIpc) is 2.56. The van der Waals surface area contributed by atoms with E-state index in [0.717, 1.165) is 10.3 Å². The van der Waals surface area contributed by atoms with Crippen molar-refractivity contribution in [1.82, 2.24) is 19.7 Å². The van der Waals surface area contributed by atoms with Crippen LogP contribution in [-0.4, -0.2) is 19.7 Å². The summed E-state index contributed by atoms with van der Waals surface area (Å²) in [4.78, 5) is 4.13. The quantitative estimate of drug-likeness (QED) is 0.807. The molecule has 0 unspecified atom stereocenters. The minimum absolute atomic E-state index is 0.615. The molecule has 2 aromatic rings. The Morgan fingerprint density at radius 2 is 2.00 bits per heavy atom. The number of rotatable bonds is 1. The molecule has 13 heavy (non-hydrogen) atoms. The molecule has 6 heteroatoms. The fourth-order valence-electron chi connectivity index (χ4n) is 0.946. The molecule has 0 bridgehead atoms. The van der Waals surface area contributed by atoms with Crippen LogP contribution in [0.15, 0.2) is 29.4 Å². The van der Waals surface area contributed by atoms with Gasteiger partial charge in [0.15, 0.2) is 5.82 Å². The molecule has 0 aliphatic carbocycles. The molecule has 2 rings (SSSR count). The SMILES string of the molecule is Nc1cnc(-n2cnnc2)c(Br)c1. The maximum absolute atomic E-state index is 5.55. The van der Waals surface area contributed by atoms with Crippen LogP contribution < -0.4 is 5.73 Å². The number of hydrogen-bond donors (Lipinski definition) is 1. The van der Waals surface area contributed by atoms with Crippen LogP contribution in [0.4, 0.5) is 5.69 Å². The van der Waals surface area contributed by atoms with Gasteiger partial charge in [-0.05, 0) is 22.0 Å². The van der Waals surface area contributed by atoms with Gasteiger partial charge in [0.05, 0.1) is 16.4 Å². The third-order valence-electron chi connectivity index (χ3n) is 1.51. The standard InChI is InChI=1S/C7H6BrN5/c8-6-1-5(9)2-10-7(6)13-3-11-12-4-13/h1-4H,9H2. The van der Waals surface area contributed by atoms with Crippen LogP contribution in [0.2, 0.25) is 0 Å². The molecule has 0 saturated carbocycles. The number of anilines is 1. The first-order valence-corrected chi connectivity index (χ1v) is 4.32. The van der Waals surface area contributed by atoms with Gasteiger partial charge in [-0.15, -0.1) is 10.2 Å². The highest BCUT2D eigenvalue weighted by molar-refractivity contribution is 9.10. The first-order chi connectivity index (χ1) is 6.27. The van der Waals surface area contributed by atoms with Crippen molar-refractivity contribution in [2.45, 2.75) is 0 Å². The summed E-state index contributed by atoms with van der Waals surface area (Å²) < 4.78 is 2.51. The Hall–Kier alpha value is -1.43. The molecule has 0 saturated heterocycles. The van der Waals surface area contributed by atoms with Gasteiger partial charge in [0.25, 0.3) is 0 Å². The zero-order valence-electron chi connectivity index (χ0n) is 6.55. The van der Waals surface area contributed by atoms with E-state index in [2.05, 4.69) is 31.1 Å². The number of nitrogen functional groups attached to an aromatic ring is 1. The smallest absolute Gasteiger partial charge is 0.153 e. The molecule has 5 nitrogen and oxygen atoms in total. The Bertz CT molecular complexity index is 411. The van der Waals surface area contributed by atoms with Gasteiger partial charge in [0.2, 0.25) is 0 Å². The fourth-order valence-corrected chi connectivity index (χ4v) is 1.52. The van der Waals surface area contributed by atoms with Crippen LogP contribution in [0.1, 0.15) is 0 Å². The van der Waals surface area contributed by atoms with Crippen LogP contribution >= 0.6 is 15.9 Å². The highest BCUT2D eigenvalue weighted by Crippen LogP contribution is 2.19. The third-order valence-corrected chi connectivity index (χ3v) is 2.09. The highest BCUT2D eigenvalue weighted by atomic mass is 79.9. The van der Waals surface area contributed by atoms with Crippen molar-refractivity contribution in [3.63, 3.8) is 0 Å². The van der Waals surface area contributed by atoms with E-state index in [4.69, 9.17) is 5.73 Å². The lowest BCUT2D eigenvalue weighted by atomic mass is 10.4. The van der Waals surface area contributed by atoms with Gasteiger partial charge in [-0.25, -0.2) is 4.98 Å². The normalized spacial score (nSPS) is 10.2. The molecule has 0 amide bonds. The van der Waals surface area contributed by atoms with Crippen LogP contribution in [0.25, 0.3) is 5.82 Å². The Morgan fingerprint density at radius 1 is 1.31 bits per heavy atom. The van der Waals surface area contributed by atoms with E-state index in [9.17, 15) is 0 Å². The molecule has 0 radical (unpaired) electrons. The van der Waals surface area contributed by atoms with Crippen molar-refractivity contribution in [1.29, 1.82) is 0 Å². The summed E-state index contributed by atoms with van der Waals surface area (Å²) in [6.07, 6.45) is 4.73. The minimum atomic E-state index is 0.615. The van der Waals surface area contributed by atoms with Gasteiger partial charge in [0, 0.05) is 0 Å². The second kappa shape index (κ2) is 3.14. The number of nitrogens with two attached hydrogens (primary N) is 1. The molecule has 2 aromatic heterocycles. The van der Waals surface area contributed by atoms with E-state index in [1.54, 1.807) is 29.5 Å². The molecule has 0 aromatic carbocycles. The maximum atomic E-state index is 5.55. The summed E-state index contributed by atoms with van der Waals surface area (Å²) in [6.45, 7) is 0. The predicted octanol–water partition coefficient (Wildman–Crippen LogP) is 1.01. The largest absolute Gasteiger partial charge is 0.397 e. The molecule has 0 aliphatic rings. The second-order valence-corrected chi connectivity index (χ2v) is 3.30. The monoisotopic (exact) mass is 239 g/mol. The number of nitrogens with zero attached hydrogens (tertiary/aromatic N) is 4. The van der Waals surface area contributed by atoms with Crippen LogP contribution in [0.3, 0.4) is 0 Å². The minimum Gasteiger partial charge on any atom is -0.397 e. The lowest BCUT2D eigenvalue weighted by Crippen LogP contribution is -1.97. The molecule has 0 aliphatic heterocycles. The van der Waals surface area contributed by atoms with E-state index < -0.39 is 0 Å². The van der Waals surface area contributed by atoms with Crippen molar-refractivity contribution in [3.8, 4) is 5.82 Å². The van der Waals surface area contributed by atoms with Gasteiger partial charge in [-0.2, -0.15) is 0 Å². The van der Waals surface area contributed by atoms with E-state index in [-0.39, 0.29) is 0 Å².